The molecule has 3 aromatic rings. The highest BCUT2D eigenvalue weighted by molar-refractivity contribution is 6.30. The quantitative estimate of drug-likeness (QED) is 0.780. The monoisotopic (exact) mass is 303 g/mol. The molecule has 1 atom stereocenters. The van der Waals surface area contributed by atoms with Gasteiger partial charge in [0.1, 0.15) is 11.6 Å². The number of nitrogens with zero attached hydrogens (tertiary/aromatic N) is 3. The van der Waals surface area contributed by atoms with Crippen LogP contribution in [0.15, 0.2) is 35.1 Å². The fourth-order valence-electron chi connectivity index (χ4n) is 2.25. The predicted molar refractivity (Wildman–Crippen MR) is 81.8 cm³/mol. The second-order valence-corrected chi connectivity index (χ2v) is 5.27. The lowest BCUT2D eigenvalue weighted by Crippen LogP contribution is -2.15. The normalized spacial score (nSPS) is 12.5. The van der Waals surface area contributed by atoms with E-state index < -0.39 is 0 Å². The maximum atomic E-state index is 11.6. The van der Waals surface area contributed by atoms with Crippen LogP contribution in [0.25, 0.3) is 5.65 Å². The standard InChI is InChI=1S/C14H14ClN5O/c1-8(10-4-3-5-11(15)6-10)16-12-7-13-18-19-14(21)20(13)9(2)17-12/h3-8,16H,1-2H3,(H,19,21). The molecule has 2 N–H and O–H groups in total. The summed E-state index contributed by atoms with van der Waals surface area (Å²) in [7, 11) is 0. The van der Waals surface area contributed by atoms with Gasteiger partial charge in [-0.3, -0.25) is 0 Å². The lowest BCUT2D eigenvalue weighted by Gasteiger charge is -2.15. The molecule has 2 aromatic heterocycles. The molecule has 0 aliphatic heterocycles. The van der Waals surface area contributed by atoms with Crippen LogP contribution in [0.2, 0.25) is 5.02 Å². The van der Waals surface area contributed by atoms with Crippen LogP contribution in [0.3, 0.4) is 0 Å². The van der Waals surface area contributed by atoms with Crippen molar-refractivity contribution in [3.63, 3.8) is 0 Å². The van der Waals surface area contributed by atoms with Gasteiger partial charge in [0.05, 0.1) is 0 Å². The molecule has 0 bridgehead atoms. The number of aromatic nitrogens is 4. The number of aryl methyl sites for hydroxylation is 1. The van der Waals surface area contributed by atoms with Crippen molar-refractivity contribution in [1.29, 1.82) is 0 Å². The number of halogens is 1. The Labute approximate surface area is 125 Å². The number of hydrogen-bond acceptors (Lipinski definition) is 4. The summed E-state index contributed by atoms with van der Waals surface area (Å²) in [6.07, 6.45) is 0. The van der Waals surface area contributed by atoms with Crippen molar-refractivity contribution in [2.75, 3.05) is 5.32 Å². The van der Waals surface area contributed by atoms with Crippen LogP contribution in [0, 0.1) is 6.92 Å². The van der Waals surface area contributed by atoms with Gasteiger partial charge >= 0.3 is 5.69 Å². The van der Waals surface area contributed by atoms with Crippen molar-refractivity contribution >= 4 is 23.1 Å². The summed E-state index contributed by atoms with van der Waals surface area (Å²) < 4.78 is 1.43. The van der Waals surface area contributed by atoms with E-state index >= 15 is 0 Å². The van der Waals surface area contributed by atoms with E-state index in [1.165, 1.54) is 4.40 Å². The number of aromatic amines is 1. The summed E-state index contributed by atoms with van der Waals surface area (Å²) in [5.74, 6) is 1.23. The summed E-state index contributed by atoms with van der Waals surface area (Å²) >= 11 is 6.00. The lowest BCUT2D eigenvalue weighted by molar-refractivity contribution is 0.860. The molecule has 0 aliphatic carbocycles. The van der Waals surface area contributed by atoms with Gasteiger partial charge in [-0.2, -0.15) is 5.10 Å². The van der Waals surface area contributed by atoms with Crippen LogP contribution in [-0.2, 0) is 0 Å². The zero-order valence-electron chi connectivity index (χ0n) is 11.6. The highest BCUT2D eigenvalue weighted by Crippen LogP contribution is 2.21. The molecule has 0 saturated heterocycles. The molecule has 1 aromatic carbocycles. The molecule has 3 rings (SSSR count). The van der Waals surface area contributed by atoms with Gasteiger partial charge in [0.2, 0.25) is 0 Å². The second kappa shape index (κ2) is 5.21. The van der Waals surface area contributed by atoms with Crippen LogP contribution < -0.4 is 11.0 Å². The van der Waals surface area contributed by atoms with E-state index in [9.17, 15) is 4.79 Å². The van der Waals surface area contributed by atoms with Crippen molar-refractivity contribution in [2.24, 2.45) is 0 Å². The van der Waals surface area contributed by atoms with E-state index in [1.807, 2.05) is 31.2 Å². The molecule has 21 heavy (non-hydrogen) atoms. The Morgan fingerprint density at radius 2 is 2.19 bits per heavy atom. The van der Waals surface area contributed by atoms with Crippen molar-refractivity contribution in [3.05, 3.63) is 57.2 Å². The Kier molecular flexibility index (Phi) is 3.39. The number of H-pyrrole nitrogens is 1. The molecule has 2 heterocycles. The third kappa shape index (κ3) is 2.62. The van der Waals surface area contributed by atoms with Crippen LogP contribution >= 0.6 is 11.6 Å². The lowest BCUT2D eigenvalue weighted by atomic mass is 10.1. The summed E-state index contributed by atoms with van der Waals surface area (Å²) in [6, 6.07) is 9.40. The Morgan fingerprint density at radius 1 is 1.38 bits per heavy atom. The van der Waals surface area contributed by atoms with Crippen molar-refractivity contribution in [3.8, 4) is 0 Å². The van der Waals surface area contributed by atoms with Gasteiger partial charge < -0.3 is 5.32 Å². The third-order valence-corrected chi connectivity index (χ3v) is 3.52. The van der Waals surface area contributed by atoms with E-state index in [0.29, 0.717) is 22.3 Å². The first-order chi connectivity index (χ1) is 10.0. The van der Waals surface area contributed by atoms with Crippen LogP contribution in [-0.4, -0.2) is 19.6 Å². The van der Waals surface area contributed by atoms with Gasteiger partial charge in [-0.1, -0.05) is 23.7 Å². The van der Waals surface area contributed by atoms with Crippen LogP contribution in [0.4, 0.5) is 5.82 Å². The first-order valence-electron chi connectivity index (χ1n) is 6.51. The fourth-order valence-corrected chi connectivity index (χ4v) is 2.45. The Morgan fingerprint density at radius 3 is 2.95 bits per heavy atom. The van der Waals surface area contributed by atoms with E-state index in [1.54, 1.807) is 13.0 Å². The number of benzene rings is 1. The van der Waals surface area contributed by atoms with E-state index in [4.69, 9.17) is 11.6 Å². The molecule has 0 aliphatic rings. The number of anilines is 1. The van der Waals surface area contributed by atoms with Gasteiger partial charge in [0.25, 0.3) is 0 Å². The highest BCUT2D eigenvalue weighted by Gasteiger charge is 2.10. The molecule has 0 radical (unpaired) electrons. The van der Waals surface area contributed by atoms with Crippen molar-refractivity contribution in [2.45, 2.75) is 19.9 Å². The smallest absolute Gasteiger partial charge is 0.349 e. The number of fused-ring (bicyclic) bond motifs is 1. The van der Waals surface area contributed by atoms with Crippen LogP contribution in [0.5, 0.6) is 0 Å². The van der Waals surface area contributed by atoms with Gasteiger partial charge in [0, 0.05) is 17.1 Å². The second-order valence-electron chi connectivity index (χ2n) is 4.83. The van der Waals surface area contributed by atoms with Gasteiger partial charge in [-0.05, 0) is 31.5 Å². The third-order valence-electron chi connectivity index (χ3n) is 3.28. The molecule has 7 heteroatoms. The van der Waals surface area contributed by atoms with E-state index in [0.717, 1.165) is 5.56 Å². The molecule has 108 valence electrons. The van der Waals surface area contributed by atoms with Crippen molar-refractivity contribution < 1.29 is 0 Å². The Hall–Kier alpha value is -2.34. The Balaban J connectivity index is 1.93. The fraction of sp³-hybridized carbons (Fsp3) is 0.214. The predicted octanol–water partition coefficient (Wildman–Crippen LogP) is 2.55. The van der Waals surface area contributed by atoms with Gasteiger partial charge in [-0.25, -0.2) is 19.3 Å². The summed E-state index contributed by atoms with van der Waals surface area (Å²) in [5, 5.41) is 10.4. The zero-order chi connectivity index (χ0) is 15.0. The van der Waals surface area contributed by atoms with Gasteiger partial charge in [-0.15, -0.1) is 0 Å². The zero-order valence-corrected chi connectivity index (χ0v) is 12.3. The molecule has 6 nitrogen and oxygen atoms in total. The molecule has 0 amide bonds. The molecular weight excluding hydrogens is 290 g/mol. The molecule has 0 spiro atoms. The van der Waals surface area contributed by atoms with Crippen LogP contribution in [0.1, 0.15) is 24.4 Å². The van der Waals surface area contributed by atoms with E-state index in [2.05, 4.69) is 20.5 Å². The summed E-state index contributed by atoms with van der Waals surface area (Å²) in [6.45, 7) is 3.78. The maximum Gasteiger partial charge on any atom is 0.349 e. The SMILES string of the molecule is Cc1nc(NC(C)c2cccc(Cl)c2)cc2n[nH]c(=O)n12. The number of rotatable bonds is 3. The molecular formula is C14H14ClN5O. The highest BCUT2D eigenvalue weighted by atomic mass is 35.5. The van der Waals surface area contributed by atoms with Gasteiger partial charge in [0.15, 0.2) is 5.65 Å². The number of nitrogens with one attached hydrogen (secondary N) is 2. The Bertz CT molecular complexity index is 854. The average molecular weight is 304 g/mol. The van der Waals surface area contributed by atoms with Crippen molar-refractivity contribution in [1.82, 2.24) is 19.6 Å². The topological polar surface area (TPSA) is 75.1 Å². The number of hydrogen-bond donors (Lipinski definition) is 2. The maximum absolute atomic E-state index is 11.6. The first kappa shape index (κ1) is 13.6. The first-order valence-corrected chi connectivity index (χ1v) is 6.89. The summed E-state index contributed by atoms with van der Waals surface area (Å²) in [4.78, 5) is 15.9. The molecule has 0 saturated carbocycles. The van der Waals surface area contributed by atoms with E-state index in [-0.39, 0.29) is 11.7 Å². The minimum absolute atomic E-state index is 0.0312. The molecule has 0 fully saturated rings. The minimum Gasteiger partial charge on any atom is -0.363 e. The minimum atomic E-state index is -0.288. The largest absolute Gasteiger partial charge is 0.363 e. The summed E-state index contributed by atoms with van der Waals surface area (Å²) in [5.41, 5.74) is 1.30. The molecule has 1 unspecified atom stereocenters. The average Bonchev–Trinajstić information content (AvgIpc) is 2.80.